The summed E-state index contributed by atoms with van der Waals surface area (Å²) in [6.07, 6.45) is 2.90. The first-order valence-electron chi connectivity index (χ1n) is 12.9. The number of carbonyl (C=O) groups is 2. The molecule has 1 heterocycles. The standard InChI is InChI=1S/C32H32N2O4/c1-2-37-31(35)16-10-5-11-21-38-30-23-27(22-29(34-30)25-12-6-3-7-13-25)24-17-19-28(20-18-24)33-32(36)26-14-8-4-9-15-26/h3-4,6-9,12-15,17-20,22-23H,2,5,10-11,16,21H2,1H3,(H,33,36). The highest BCUT2D eigenvalue weighted by Crippen LogP contribution is 2.30. The quantitative estimate of drug-likeness (QED) is 0.162. The highest BCUT2D eigenvalue weighted by atomic mass is 16.5. The third-order valence-electron chi connectivity index (χ3n) is 5.96. The number of hydrogen-bond donors (Lipinski definition) is 1. The summed E-state index contributed by atoms with van der Waals surface area (Å²) in [5, 5.41) is 2.94. The molecule has 0 atom stereocenters. The lowest BCUT2D eigenvalue weighted by Crippen LogP contribution is -2.11. The minimum absolute atomic E-state index is 0.147. The maximum absolute atomic E-state index is 12.5. The van der Waals surface area contributed by atoms with Crippen LogP contribution in [-0.2, 0) is 9.53 Å². The van der Waals surface area contributed by atoms with E-state index >= 15 is 0 Å². The summed E-state index contributed by atoms with van der Waals surface area (Å²) in [7, 11) is 0. The smallest absolute Gasteiger partial charge is 0.305 e. The molecule has 0 aliphatic heterocycles. The van der Waals surface area contributed by atoms with E-state index in [1.165, 1.54) is 0 Å². The molecule has 0 bridgehead atoms. The first kappa shape index (κ1) is 26.6. The van der Waals surface area contributed by atoms with Crippen LogP contribution in [0, 0.1) is 0 Å². The number of hydrogen-bond acceptors (Lipinski definition) is 5. The number of anilines is 1. The van der Waals surface area contributed by atoms with Gasteiger partial charge in [0.15, 0.2) is 0 Å². The van der Waals surface area contributed by atoms with Gasteiger partial charge in [-0.3, -0.25) is 9.59 Å². The van der Waals surface area contributed by atoms with Gasteiger partial charge in [0.2, 0.25) is 5.88 Å². The molecule has 1 aromatic heterocycles. The van der Waals surface area contributed by atoms with Crippen LogP contribution in [0.25, 0.3) is 22.4 Å². The predicted octanol–water partition coefficient (Wildman–Crippen LogP) is 7.17. The average Bonchev–Trinajstić information content (AvgIpc) is 2.96. The number of ether oxygens (including phenoxy) is 2. The maximum Gasteiger partial charge on any atom is 0.305 e. The molecule has 0 unspecified atom stereocenters. The molecule has 0 spiro atoms. The molecule has 6 heteroatoms. The third-order valence-corrected chi connectivity index (χ3v) is 5.96. The molecule has 1 N–H and O–H groups in total. The minimum atomic E-state index is -0.152. The zero-order valence-electron chi connectivity index (χ0n) is 21.6. The van der Waals surface area contributed by atoms with E-state index < -0.39 is 0 Å². The lowest BCUT2D eigenvalue weighted by Gasteiger charge is -2.12. The molecule has 0 radical (unpaired) electrons. The molecule has 6 nitrogen and oxygen atoms in total. The molecule has 4 rings (SSSR count). The Balaban J connectivity index is 1.45. The Morgan fingerprint density at radius 1 is 0.763 bits per heavy atom. The van der Waals surface area contributed by atoms with Gasteiger partial charge >= 0.3 is 5.97 Å². The molecule has 0 saturated heterocycles. The van der Waals surface area contributed by atoms with Crippen molar-refractivity contribution in [1.29, 1.82) is 0 Å². The summed E-state index contributed by atoms with van der Waals surface area (Å²) in [5.41, 5.74) is 5.11. The Hall–Kier alpha value is -4.45. The van der Waals surface area contributed by atoms with Gasteiger partial charge in [-0.2, -0.15) is 0 Å². The van der Waals surface area contributed by atoms with Crippen molar-refractivity contribution >= 4 is 17.6 Å². The minimum Gasteiger partial charge on any atom is -0.478 e. The summed E-state index contributed by atoms with van der Waals surface area (Å²) in [5.74, 6) is 0.251. The van der Waals surface area contributed by atoms with Gasteiger partial charge in [-0.15, -0.1) is 0 Å². The number of amides is 1. The highest BCUT2D eigenvalue weighted by Gasteiger charge is 2.10. The van der Waals surface area contributed by atoms with Crippen molar-refractivity contribution < 1.29 is 19.1 Å². The number of carbonyl (C=O) groups excluding carboxylic acids is 2. The van der Waals surface area contributed by atoms with E-state index in [1.54, 1.807) is 12.1 Å². The Morgan fingerprint density at radius 3 is 2.18 bits per heavy atom. The van der Waals surface area contributed by atoms with Crippen molar-refractivity contribution in [1.82, 2.24) is 4.98 Å². The van der Waals surface area contributed by atoms with E-state index in [2.05, 4.69) is 5.32 Å². The molecular weight excluding hydrogens is 476 g/mol. The van der Waals surface area contributed by atoms with Crippen LogP contribution in [0.2, 0.25) is 0 Å². The van der Waals surface area contributed by atoms with Crippen molar-refractivity contribution in [3.05, 3.63) is 103 Å². The van der Waals surface area contributed by atoms with E-state index in [0.717, 1.165) is 47.3 Å². The van der Waals surface area contributed by atoms with Gasteiger partial charge in [0.1, 0.15) is 0 Å². The Labute approximate surface area is 223 Å². The molecule has 1 amide bonds. The van der Waals surface area contributed by atoms with Crippen LogP contribution in [0.4, 0.5) is 5.69 Å². The van der Waals surface area contributed by atoms with Crippen LogP contribution in [0.3, 0.4) is 0 Å². The van der Waals surface area contributed by atoms with Crippen molar-refractivity contribution in [2.75, 3.05) is 18.5 Å². The first-order valence-corrected chi connectivity index (χ1v) is 12.9. The number of aromatic nitrogens is 1. The molecular formula is C32H32N2O4. The van der Waals surface area contributed by atoms with Crippen LogP contribution < -0.4 is 10.1 Å². The van der Waals surface area contributed by atoms with Crippen molar-refractivity contribution in [3.63, 3.8) is 0 Å². The zero-order chi connectivity index (χ0) is 26.6. The molecule has 3 aromatic carbocycles. The molecule has 0 fully saturated rings. The van der Waals surface area contributed by atoms with Gasteiger partial charge in [-0.25, -0.2) is 4.98 Å². The molecule has 0 aliphatic rings. The maximum atomic E-state index is 12.5. The summed E-state index contributed by atoms with van der Waals surface area (Å²) in [6.45, 7) is 2.74. The molecule has 4 aromatic rings. The van der Waals surface area contributed by atoms with E-state index in [1.807, 2.05) is 91.9 Å². The number of unbranched alkanes of at least 4 members (excludes halogenated alkanes) is 2. The predicted molar refractivity (Wildman–Crippen MR) is 150 cm³/mol. The van der Waals surface area contributed by atoms with Crippen LogP contribution >= 0.6 is 0 Å². The first-order chi connectivity index (χ1) is 18.6. The van der Waals surface area contributed by atoms with Crippen LogP contribution in [-0.4, -0.2) is 30.1 Å². The van der Waals surface area contributed by atoms with E-state index in [4.69, 9.17) is 14.5 Å². The van der Waals surface area contributed by atoms with E-state index in [0.29, 0.717) is 31.1 Å². The highest BCUT2D eigenvalue weighted by molar-refractivity contribution is 6.04. The Bertz CT molecular complexity index is 1320. The Kier molecular flexibility index (Phi) is 9.63. The third kappa shape index (κ3) is 7.77. The summed E-state index contributed by atoms with van der Waals surface area (Å²) >= 11 is 0. The number of nitrogens with zero attached hydrogens (tertiary/aromatic N) is 1. The molecule has 0 saturated carbocycles. The molecule has 0 aliphatic carbocycles. The van der Waals surface area contributed by atoms with Crippen molar-refractivity contribution in [2.45, 2.75) is 32.6 Å². The number of rotatable bonds is 12. The monoisotopic (exact) mass is 508 g/mol. The lowest BCUT2D eigenvalue weighted by atomic mass is 10.0. The SMILES string of the molecule is CCOC(=O)CCCCCOc1cc(-c2ccc(NC(=O)c3ccccc3)cc2)cc(-c2ccccc2)n1. The second-order valence-corrected chi connectivity index (χ2v) is 8.81. The topological polar surface area (TPSA) is 77.5 Å². The molecule has 194 valence electrons. The van der Waals surface area contributed by atoms with Gasteiger partial charge in [0, 0.05) is 29.3 Å². The normalized spacial score (nSPS) is 10.6. The van der Waals surface area contributed by atoms with Gasteiger partial charge in [0.25, 0.3) is 5.91 Å². The lowest BCUT2D eigenvalue weighted by molar-refractivity contribution is -0.143. The van der Waals surface area contributed by atoms with Crippen molar-refractivity contribution in [3.8, 4) is 28.3 Å². The average molecular weight is 509 g/mol. The second-order valence-electron chi connectivity index (χ2n) is 8.81. The van der Waals surface area contributed by atoms with E-state index in [-0.39, 0.29) is 11.9 Å². The van der Waals surface area contributed by atoms with Crippen LogP contribution in [0.15, 0.2) is 97.1 Å². The fourth-order valence-electron chi connectivity index (χ4n) is 4.00. The summed E-state index contributed by atoms with van der Waals surface area (Å²) in [4.78, 5) is 28.7. The van der Waals surface area contributed by atoms with E-state index in [9.17, 15) is 9.59 Å². The van der Waals surface area contributed by atoms with Gasteiger partial charge < -0.3 is 14.8 Å². The zero-order valence-corrected chi connectivity index (χ0v) is 21.6. The number of esters is 1. The van der Waals surface area contributed by atoms with Crippen LogP contribution in [0.1, 0.15) is 43.0 Å². The number of pyridine rings is 1. The fraction of sp³-hybridized carbons (Fsp3) is 0.219. The number of benzene rings is 3. The van der Waals surface area contributed by atoms with Crippen molar-refractivity contribution in [2.24, 2.45) is 0 Å². The van der Waals surface area contributed by atoms with Gasteiger partial charge in [-0.05, 0) is 67.6 Å². The second kappa shape index (κ2) is 13.7. The number of nitrogens with one attached hydrogen (secondary N) is 1. The van der Waals surface area contributed by atoms with Gasteiger partial charge in [0.05, 0.1) is 18.9 Å². The summed E-state index contributed by atoms with van der Waals surface area (Å²) in [6, 6.07) is 30.8. The van der Waals surface area contributed by atoms with Gasteiger partial charge in [-0.1, -0.05) is 60.7 Å². The summed E-state index contributed by atoms with van der Waals surface area (Å²) < 4.78 is 11.0. The molecule has 38 heavy (non-hydrogen) atoms. The Morgan fingerprint density at radius 2 is 1.47 bits per heavy atom. The fourth-order valence-corrected chi connectivity index (χ4v) is 4.00. The largest absolute Gasteiger partial charge is 0.478 e. The van der Waals surface area contributed by atoms with Crippen LogP contribution in [0.5, 0.6) is 5.88 Å².